The van der Waals surface area contributed by atoms with Crippen LogP contribution in [0.3, 0.4) is 0 Å². The minimum atomic E-state index is -0.912. The third-order valence-electron chi connectivity index (χ3n) is 9.66. The number of carboxylic acid groups (broad SMARTS) is 1. The molecule has 2 fully saturated rings. The topological polar surface area (TPSA) is 100 Å². The van der Waals surface area contributed by atoms with Crippen LogP contribution in [-0.2, 0) is 22.4 Å². The minimum Gasteiger partial charge on any atom is -0.481 e. The summed E-state index contributed by atoms with van der Waals surface area (Å²) in [5, 5.41) is 9.31. The van der Waals surface area contributed by atoms with Crippen LogP contribution >= 0.6 is 11.3 Å². The van der Waals surface area contributed by atoms with Crippen LogP contribution in [0.4, 0.5) is 4.39 Å². The second kappa shape index (κ2) is 14.5. The second-order valence-corrected chi connectivity index (χ2v) is 14.5. The third-order valence-corrected chi connectivity index (χ3v) is 10.9. The Bertz CT molecular complexity index is 2010. The van der Waals surface area contributed by atoms with Crippen LogP contribution in [0, 0.1) is 17.7 Å². The summed E-state index contributed by atoms with van der Waals surface area (Å²) < 4.78 is 15.3. The van der Waals surface area contributed by atoms with E-state index in [0.717, 1.165) is 47.9 Å². The number of hydrogen-bond donors (Lipinski definition) is 1. The SMILES string of the molecule is CCCc1ccc(-c2ccc(-c3cnc(-c4ccc(C[C@H](CC(=O)c5ccc(C6CC6)s5)C(=O)N5CC(C(=O)O)C5)cc4)nc3)c(F)c2)cc1. The highest BCUT2D eigenvalue weighted by Crippen LogP contribution is 2.43. The van der Waals surface area contributed by atoms with E-state index in [1.807, 2.05) is 54.6 Å². The molecule has 1 saturated carbocycles. The number of ketones is 1. The number of aromatic nitrogens is 2. The lowest BCUT2D eigenvalue weighted by molar-refractivity contribution is -0.154. The van der Waals surface area contributed by atoms with Crippen molar-refractivity contribution in [3.05, 3.63) is 118 Å². The quantitative estimate of drug-likeness (QED) is 0.125. The number of carboxylic acids is 1. The first-order chi connectivity index (χ1) is 24.2. The van der Waals surface area contributed by atoms with Crippen LogP contribution in [0.15, 0.2) is 91.3 Å². The fraction of sp³-hybridized carbons (Fsp3) is 0.293. The molecule has 1 N–H and O–H groups in total. The van der Waals surface area contributed by atoms with Crippen molar-refractivity contribution in [1.29, 1.82) is 0 Å². The third kappa shape index (κ3) is 7.43. The molecule has 9 heteroatoms. The van der Waals surface area contributed by atoms with Crippen molar-refractivity contribution < 1.29 is 23.9 Å². The number of carbonyl (C=O) groups is 3. The Labute approximate surface area is 294 Å². The molecule has 50 heavy (non-hydrogen) atoms. The summed E-state index contributed by atoms with van der Waals surface area (Å²) in [4.78, 5) is 50.7. The van der Waals surface area contributed by atoms with Gasteiger partial charge >= 0.3 is 5.97 Å². The van der Waals surface area contributed by atoms with Gasteiger partial charge in [-0.1, -0.05) is 74.0 Å². The van der Waals surface area contributed by atoms with Gasteiger partial charge in [-0.25, -0.2) is 14.4 Å². The molecule has 1 aliphatic carbocycles. The van der Waals surface area contributed by atoms with Gasteiger partial charge in [-0.05, 0) is 72.1 Å². The van der Waals surface area contributed by atoms with E-state index in [2.05, 4.69) is 29.0 Å². The maximum Gasteiger partial charge on any atom is 0.310 e. The lowest BCUT2D eigenvalue weighted by Gasteiger charge is -2.38. The average molecular weight is 688 g/mol. The predicted molar refractivity (Wildman–Crippen MR) is 192 cm³/mol. The monoisotopic (exact) mass is 687 g/mol. The molecule has 0 unspecified atom stereocenters. The number of aliphatic carboxylic acids is 1. The Morgan fingerprint density at radius 1 is 0.860 bits per heavy atom. The van der Waals surface area contributed by atoms with Crippen molar-refractivity contribution in [2.45, 2.75) is 51.4 Å². The highest BCUT2D eigenvalue weighted by atomic mass is 32.1. The van der Waals surface area contributed by atoms with Crippen molar-refractivity contribution >= 4 is 29.0 Å². The summed E-state index contributed by atoms with van der Waals surface area (Å²) in [5.41, 5.74) is 5.67. The Kier molecular flexibility index (Phi) is 9.68. The molecular weight excluding hydrogens is 650 g/mol. The fourth-order valence-electron chi connectivity index (χ4n) is 6.51. The first kappa shape index (κ1) is 33.5. The molecule has 5 aromatic rings. The molecule has 1 atom stereocenters. The second-order valence-electron chi connectivity index (χ2n) is 13.4. The molecule has 7 rings (SSSR count). The molecule has 0 spiro atoms. The van der Waals surface area contributed by atoms with Crippen LogP contribution in [0.2, 0.25) is 0 Å². The molecule has 2 aliphatic rings. The zero-order valence-corrected chi connectivity index (χ0v) is 28.7. The number of carbonyl (C=O) groups excluding carboxylic acids is 2. The number of rotatable bonds is 13. The lowest BCUT2D eigenvalue weighted by atomic mass is 9.89. The number of benzene rings is 3. The number of likely N-dealkylation sites (tertiary alicyclic amines) is 1. The summed E-state index contributed by atoms with van der Waals surface area (Å²) in [6, 6.07) is 24.9. The van der Waals surface area contributed by atoms with Gasteiger partial charge in [0, 0.05) is 59.4 Å². The number of halogens is 1. The number of amides is 1. The van der Waals surface area contributed by atoms with Crippen molar-refractivity contribution in [1.82, 2.24) is 14.9 Å². The van der Waals surface area contributed by atoms with Crippen LogP contribution in [0.5, 0.6) is 0 Å². The Morgan fingerprint density at radius 2 is 1.52 bits per heavy atom. The number of nitrogens with zero attached hydrogens (tertiary/aromatic N) is 3. The largest absolute Gasteiger partial charge is 0.481 e. The smallest absolute Gasteiger partial charge is 0.310 e. The number of thiophene rings is 1. The number of aryl methyl sites for hydroxylation is 1. The molecule has 254 valence electrons. The molecule has 1 amide bonds. The molecule has 3 aromatic carbocycles. The van der Waals surface area contributed by atoms with Gasteiger partial charge in [0.1, 0.15) is 5.82 Å². The van der Waals surface area contributed by atoms with Crippen molar-refractivity contribution in [2.75, 3.05) is 13.1 Å². The zero-order chi connectivity index (χ0) is 34.8. The molecule has 0 bridgehead atoms. The van der Waals surface area contributed by atoms with Crippen LogP contribution < -0.4 is 0 Å². The standard InChI is InChI=1S/C41H38FN3O4S/c1-2-3-25-4-8-27(9-5-25)30-14-15-34(35(42)19-30)32-21-43-39(44-22-32)29-10-6-26(7-11-29)18-31(40(47)45-23-33(24-45)41(48)49)20-36(46)38-17-16-37(50-38)28-12-13-28/h4-11,14-17,19,21-22,28,31,33H,2-3,12-13,18,20,23-24H2,1H3,(H,48,49)/t31-/m1/s1. The molecule has 1 aliphatic heterocycles. The van der Waals surface area contributed by atoms with E-state index >= 15 is 4.39 Å². The Balaban J connectivity index is 1.03. The summed E-state index contributed by atoms with van der Waals surface area (Å²) in [5.74, 6) is -1.64. The van der Waals surface area contributed by atoms with Gasteiger partial charge in [0.05, 0.1) is 10.8 Å². The maximum absolute atomic E-state index is 15.3. The van der Waals surface area contributed by atoms with E-state index in [1.165, 1.54) is 21.8 Å². The minimum absolute atomic E-state index is 0.0622. The summed E-state index contributed by atoms with van der Waals surface area (Å²) in [6.45, 7) is 2.47. The molecular formula is C41H38FN3O4S. The van der Waals surface area contributed by atoms with E-state index in [1.54, 1.807) is 29.4 Å². The Morgan fingerprint density at radius 3 is 2.16 bits per heavy atom. The van der Waals surface area contributed by atoms with Gasteiger partial charge in [0.25, 0.3) is 0 Å². The van der Waals surface area contributed by atoms with Gasteiger partial charge in [0.2, 0.25) is 5.91 Å². The van der Waals surface area contributed by atoms with Gasteiger partial charge in [-0.2, -0.15) is 0 Å². The highest BCUT2D eigenvalue weighted by molar-refractivity contribution is 7.14. The van der Waals surface area contributed by atoms with Gasteiger partial charge in [-0.15, -0.1) is 11.3 Å². The summed E-state index contributed by atoms with van der Waals surface area (Å²) in [7, 11) is 0. The van der Waals surface area contributed by atoms with Crippen molar-refractivity contribution in [2.24, 2.45) is 11.8 Å². The normalized spacial score (nSPS) is 15.0. The van der Waals surface area contributed by atoms with Crippen molar-refractivity contribution in [3.8, 4) is 33.6 Å². The molecule has 3 heterocycles. The van der Waals surface area contributed by atoms with Crippen molar-refractivity contribution in [3.63, 3.8) is 0 Å². The first-order valence-corrected chi connectivity index (χ1v) is 18.0. The lowest BCUT2D eigenvalue weighted by Crippen LogP contribution is -2.55. The van der Waals surface area contributed by atoms with E-state index in [4.69, 9.17) is 0 Å². The molecule has 2 aromatic heterocycles. The molecule has 1 saturated heterocycles. The van der Waals surface area contributed by atoms with E-state index in [0.29, 0.717) is 34.2 Å². The molecule has 7 nitrogen and oxygen atoms in total. The van der Waals surface area contributed by atoms with Crippen LogP contribution in [0.25, 0.3) is 33.6 Å². The fourth-order valence-corrected chi connectivity index (χ4v) is 7.63. The number of hydrogen-bond acceptors (Lipinski definition) is 6. The maximum atomic E-state index is 15.3. The number of Topliss-reactive ketones (excluding diaryl/α,β-unsaturated/α-hetero) is 1. The zero-order valence-electron chi connectivity index (χ0n) is 27.8. The van der Waals surface area contributed by atoms with Crippen LogP contribution in [0.1, 0.15) is 64.2 Å². The predicted octanol–water partition coefficient (Wildman–Crippen LogP) is 8.48. The highest BCUT2D eigenvalue weighted by Gasteiger charge is 2.39. The Hall–Kier alpha value is -5.02. The van der Waals surface area contributed by atoms with Gasteiger partial charge in [0.15, 0.2) is 11.6 Å². The van der Waals surface area contributed by atoms with E-state index in [-0.39, 0.29) is 37.0 Å². The first-order valence-electron chi connectivity index (χ1n) is 17.2. The van der Waals surface area contributed by atoms with Crippen LogP contribution in [-0.4, -0.2) is 50.7 Å². The van der Waals surface area contributed by atoms with E-state index in [9.17, 15) is 19.5 Å². The van der Waals surface area contributed by atoms with Gasteiger partial charge < -0.3 is 10.0 Å². The van der Waals surface area contributed by atoms with E-state index < -0.39 is 17.8 Å². The summed E-state index contributed by atoms with van der Waals surface area (Å²) >= 11 is 1.52. The average Bonchev–Trinajstić information content (AvgIpc) is 3.83. The van der Waals surface area contributed by atoms with Gasteiger partial charge in [-0.3, -0.25) is 14.4 Å². The molecule has 0 radical (unpaired) electrons. The summed E-state index contributed by atoms with van der Waals surface area (Å²) in [6.07, 6.45) is 8.05.